The predicted octanol–water partition coefficient (Wildman–Crippen LogP) is 1.96. The van der Waals surface area contributed by atoms with Crippen LogP contribution >= 0.6 is 0 Å². The zero-order valence-corrected chi connectivity index (χ0v) is 15.1. The average molecular weight is 354 g/mol. The number of nitrogens with one attached hydrogen (secondary N) is 1. The summed E-state index contributed by atoms with van der Waals surface area (Å²) in [5.74, 6) is 0.196. The minimum Gasteiger partial charge on any atom is -0.492 e. The first-order chi connectivity index (χ1) is 11.2. The maximum Gasteiger partial charge on any atom is 0.229 e. The number of carbonyl (C=O) groups is 1. The van der Waals surface area contributed by atoms with E-state index >= 15 is 0 Å². The summed E-state index contributed by atoms with van der Waals surface area (Å²) in [6.07, 6.45) is 4.88. The molecule has 0 spiro atoms. The van der Waals surface area contributed by atoms with E-state index in [9.17, 15) is 13.2 Å². The fraction of sp³-hybridized carbons (Fsp3) is 0.588. The highest BCUT2D eigenvalue weighted by Crippen LogP contribution is 2.32. The molecule has 1 aliphatic carbocycles. The number of sulfone groups is 1. The molecule has 2 rings (SSSR count). The van der Waals surface area contributed by atoms with Crippen molar-refractivity contribution in [2.24, 2.45) is 11.7 Å². The number of hydrogen-bond acceptors (Lipinski definition) is 5. The van der Waals surface area contributed by atoms with Crippen LogP contribution < -0.4 is 15.8 Å². The normalized spacial score (nSPS) is 24.4. The molecular formula is C17H26N2O4S. The Morgan fingerprint density at radius 1 is 1.42 bits per heavy atom. The Morgan fingerprint density at radius 3 is 2.83 bits per heavy atom. The minimum absolute atomic E-state index is 0.0445. The maximum absolute atomic E-state index is 12.5. The summed E-state index contributed by atoms with van der Waals surface area (Å²) in [4.78, 5) is 12.5. The van der Waals surface area contributed by atoms with E-state index in [1.165, 1.54) is 6.26 Å². The Kier molecular flexibility index (Phi) is 5.87. The Morgan fingerprint density at radius 2 is 2.17 bits per heavy atom. The highest BCUT2D eigenvalue weighted by molar-refractivity contribution is 7.90. The molecule has 1 aromatic carbocycles. The van der Waals surface area contributed by atoms with Gasteiger partial charge in [-0.15, -0.1) is 0 Å². The van der Waals surface area contributed by atoms with Crippen molar-refractivity contribution >= 4 is 21.4 Å². The predicted molar refractivity (Wildman–Crippen MR) is 94.8 cm³/mol. The Labute approximate surface area is 143 Å². The van der Waals surface area contributed by atoms with Crippen LogP contribution in [0.1, 0.15) is 32.6 Å². The molecule has 0 heterocycles. The van der Waals surface area contributed by atoms with Gasteiger partial charge in [0.25, 0.3) is 0 Å². The third-order valence-electron chi connectivity index (χ3n) is 4.40. The van der Waals surface area contributed by atoms with Crippen molar-refractivity contribution in [3.8, 4) is 5.75 Å². The standard InChI is InChI=1S/C17H26N2O4S/c1-17(18)9-4-3-8-15(17)16(20)19-13-6-5-7-14(12-13)23-10-11-24(2,21)22/h5-7,12,15H,3-4,8-11,18H2,1-2H3,(H,19,20). The van der Waals surface area contributed by atoms with Gasteiger partial charge in [0.05, 0.1) is 11.7 Å². The summed E-state index contributed by atoms with van der Waals surface area (Å²) in [6.45, 7) is 2.01. The fourth-order valence-corrected chi connectivity index (χ4v) is 3.38. The van der Waals surface area contributed by atoms with Crippen LogP contribution in [0, 0.1) is 5.92 Å². The molecule has 1 amide bonds. The zero-order valence-electron chi connectivity index (χ0n) is 14.2. The van der Waals surface area contributed by atoms with Crippen LogP contribution in [0.3, 0.4) is 0 Å². The quantitative estimate of drug-likeness (QED) is 0.814. The second-order valence-electron chi connectivity index (χ2n) is 6.80. The van der Waals surface area contributed by atoms with E-state index in [2.05, 4.69) is 5.32 Å². The van der Waals surface area contributed by atoms with Crippen LogP contribution in [0.5, 0.6) is 5.75 Å². The zero-order chi connectivity index (χ0) is 17.8. The van der Waals surface area contributed by atoms with Gasteiger partial charge in [0, 0.05) is 23.5 Å². The molecular weight excluding hydrogens is 328 g/mol. The third-order valence-corrected chi connectivity index (χ3v) is 5.30. The van der Waals surface area contributed by atoms with Gasteiger partial charge < -0.3 is 15.8 Å². The van der Waals surface area contributed by atoms with E-state index in [0.29, 0.717) is 11.4 Å². The number of benzene rings is 1. The smallest absolute Gasteiger partial charge is 0.229 e. The molecule has 7 heteroatoms. The van der Waals surface area contributed by atoms with E-state index in [1.807, 2.05) is 6.92 Å². The van der Waals surface area contributed by atoms with Crippen LogP contribution in [0.4, 0.5) is 5.69 Å². The first-order valence-electron chi connectivity index (χ1n) is 8.18. The van der Waals surface area contributed by atoms with Gasteiger partial charge in [-0.2, -0.15) is 0 Å². The van der Waals surface area contributed by atoms with Crippen molar-refractivity contribution in [3.63, 3.8) is 0 Å². The molecule has 0 bridgehead atoms. The molecule has 24 heavy (non-hydrogen) atoms. The lowest BCUT2D eigenvalue weighted by Crippen LogP contribution is -2.51. The summed E-state index contributed by atoms with van der Waals surface area (Å²) < 4.78 is 27.7. The van der Waals surface area contributed by atoms with Crippen molar-refractivity contribution in [2.45, 2.75) is 38.1 Å². The van der Waals surface area contributed by atoms with Crippen molar-refractivity contribution in [2.75, 3.05) is 23.9 Å². The lowest BCUT2D eigenvalue weighted by Gasteiger charge is -2.37. The Balaban J connectivity index is 1.97. The fourth-order valence-electron chi connectivity index (χ4n) is 2.99. The number of carbonyl (C=O) groups excluding carboxylic acids is 1. The Hall–Kier alpha value is -1.60. The topological polar surface area (TPSA) is 98.5 Å². The Bertz CT molecular complexity index is 686. The average Bonchev–Trinajstić information content (AvgIpc) is 2.45. The molecule has 1 fully saturated rings. The van der Waals surface area contributed by atoms with Gasteiger partial charge >= 0.3 is 0 Å². The maximum atomic E-state index is 12.5. The van der Waals surface area contributed by atoms with E-state index < -0.39 is 15.4 Å². The number of hydrogen-bond donors (Lipinski definition) is 2. The van der Waals surface area contributed by atoms with E-state index in [0.717, 1.165) is 25.7 Å². The highest BCUT2D eigenvalue weighted by atomic mass is 32.2. The molecule has 3 N–H and O–H groups in total. The summed E-state index contributed by atoms with van der Waals surface area (Å²) in [7, 11) is -3.06. The first-order valence-corrected chi connectivity index (χ1v) is 10.2. The van der Waals surface area contributed by atoms with Crippen molar-refractivity contribution in [1.82, 2.24) is 0 Å². The second-order valence-corrected chi connectivity index (χ2v) is 9.06. The number of amides is 1. The van der Waals surface area contributed by atoms with Gasteiger partial charge in [-0.3, -0.25) is 4.79 Å². The third kappa shape index (κ3) is 5.49. The van der Waals surface area contributed by atoms with Gasteiger partial charge in [0.2, 0.25) is 5.91 Å². The molecule has 0 aliphatic heterocycles. The molecule has 0 saturated heterocycles. The summed E-state index contributed by atoms with van der Waals surface area (Å²) in [5.41, 5.74) is 6.41. The van der Waals surface area contributed by atoms with Crippen molar-refractivity contribution in [3.05, 3.63) is 24.3 Å². The van der Waals surface area contributed by atoms with E-state index in [4.69, 9.17) is 10.5 Å². The molecule has 6 nitrogen and oxygen atoms in total. The van der Waals surface area contributed by atoms with Crippen LogP contribution in [-0.2, 0) is 14.6 Å². The molecule has 134 valence electrons. The van der Waals surface area contributed by atoms with Crippen molar-refractivity contribution < 1.29 is 17.9 Å². The second kappa shape index (κ2) is 7.53. The molecule has 1 aromatic rings. The molecule has 2 atom stereocenters. The van der Waals surface area contributed by atoms with Gasteiger partial charge in [0.1, 0.15) is 12.4 Å². The van der Waals surface area contributed by atoms with Crippen molar-refractivity contribution in [1.29, 1.82) is 0 Å². The molecule has 1 saturated carbocycles. The van der Waals surface area contributed by atoms with E-state index in [1.54, 1.807) is 24.3 Å². The number of ether oxygens (including phenoxy) is 1. The molecule has 1 aliphatic rings. The molecule has 0 aromatic heterocycles. The summed E-state index contributed by atoms with van der Waals surface area (Å²) in [5, 5.41) is 2.90. The summed E-state index contributed by atoms with van der Waals surface area (Å²) >= 11 is 0. The van der Waals surface area contributed by atoms with Crippen LogP contribution in [0.2, 0.25) is 0 Å². The number of anilines is 1. The molecule has 0 radical (unpaired) electrons. The lowest BCUT2D eigenvalue weighted by molar-refractivity contribution is -0.122. The van der Waals surface area contributed by atoms with Gasteiger partial charge in [0.15, 0.2) is 9.84 Å². The minimum atomic E-state index is -3.06. The van der Waals surface area contributed by atoms with Crippen LogP contribution in [-0.4, -0.2) is 38.5 Å². The van der Waals surface area contributed by atoms with Crippen LogP contribution in [0.15, 0.2) is 24.3 Å². The molecule has 2 unspecified atom stereocenters. The largest absolute Gasteiger partial charge is 0.492 e. The SMILES string of the molecule is CC1(N)CCCCC1C(=O)Nc1cccc(OCCS(C)(=O)=O)c1. The number of nitrogens with two attached hydrogens (primary N) is 1. The summed E-state index contributed by atoms with van der Waals surface area (Å²) in [6, 6.07) is 6.95. The van der Waals surface area contributed by atoms with Gasteiger partial charge in [-0.1, -0.05) is 18.9 Å². The van der Waals surface area contributed by atoms with E-state index in [-0.39, 0.29) is 24.2 Å². The monoisotopic (exact) mass is 354 g/mol. The van der Waals surface area contributed by atoms with Gasteiger partial charge in [-0.05, 0) is 31.9 Å². The lowest BCUT2D eigenvalue weighted by atomic mass is 9.74. The highest BCUT2D eigenvalue weighted by Gasteiger charge is 2.37. The number of rotatable bonds is 6. The first kappa shape index (κ1) is 18.7. The van der Waals surface area contributed by atoms with Gasteiger partial charge in [-0.25, -0.2) is 8.42 Å². The van der Waals surface area contributed by atoms with Crippen LogP contribution in [0.25, 0.3) is 0 Å².